The van der Waals surface area contributed by atoms with Crippen molar-refractivity contribution < 1.29 is 0 Å². The van der Waals surface area contributed by atoms with Gasteiger partial charge in [-0.25, -0.2) is 4.98 Å². The molecule has 7 aromatic rings. The summed E-state index contributed by atoms with van der Waals surface area (Å²) < 4.78 is 0. The highest BCUT2D eigenvalue weighted by Gasteiger charge is 2.36. The van der Waals surface area contributed by atoms with Gasteiger partial charge in [-0.3, -0.25) is 0 Å². The van der Waals surface area contributed by atoms with Crippen molar-refractivity contribution in [2.24, 2.45) is 5.73 Å². The van der Waals surface area contributed by atoms with Crippen LogP contribution in [-0.4, -0.2) is 10.4 Å². The lowest BCUT2D eigenvalue weighted by Gasteiger charge is -2.19. The van der Waals surface area contributed by atoms with Crippen LogP contribution in [0.15, 0.2) is 121 Å². The number of thiazole rings is 1. The lowest BCUT2D eigenvalue weighted by molar-refractivity contribution is 0.992. The molecule has 1 unspecified atom stereocenters. The molecule has 6 aromatic carbocycles. The standard InChI is InChI=1S/C35H24N2S2/c36-34-33(39-34)25-11-5-9-23(17-25)31-27-13-3-4-14-28(27)32(24-10-6-12-26(18-24)35-37-15-16-38-35)30-20-22-8-2-1-7-21(22)19-29(30)31/h1-20,33-34H,36H2/t33-,34?/m0/s1. The first-order valence-electron chi connectivity index (χ1n) is 13.1. The molecule has 39 heavy (non-hydrogen) atoms. The quantitative estimate of drug-likeness (QED) is 0.180. The van der Waals surface area contributed by atoms with Crippen LogP contribution in [0.25, 0.3) is 65.1 Å². The van der Waals surface area contributed by atoms with Crippen molar-refractivity contribution in [1.82, 2.24) is 4.98 Å². The van der Waals surface area contributed by atoms with Crippen molar-refractivity contribution in [3.8, 4) is 32.8 Å². The van der Waals surface area contributed by atoms with Gasteiger partial charge in [0.05, 0.1) is 10.6 Å². The second-order valence-electron chi connectivity index (χ2n) is 10.1. The molecule has 2 nitrogen and oxygen atoms in total. The fraction of sp³-hybridized carbons (Fsp3) is 0.0571. The fourth-order valence-electron chi connectivity index (χ4n) is 5.92. The first-order valence-corrected chi connectivity index (χ1v) is 15.0. The minimum atomic E-state index is 0.199. The normalized spacial score (nSPS) is 16.7. The summed E-state index contributed by atoms with van der Waals surface area (Å²) in [5.41, 5.74) is 13.7. The molecule has 1 aliphatic heterocycles. The number of hydrogen-bond donors (Lipinski definition) is 1. The Bertz CT molecular complexity index is 2030. The van der Waals surface area contributed by atoms with Gasteiger partial charge in [0, 0.05) is 17.1 Å². The zero-order valence-electron chi connectivity index (χ0n) is 21.0. The first kappa shape index (κ1) is 23.0. The summed E-state index contributed by atoms with van der Waals surface area (Å²) in [6.45, 7) is 0. The molecule has 8 rings (SSSR count). The van der Waals surface area contributed by atoms with Gasteiger partial charge in [-0.2, -0.15) is 0 Å². The van der Waals surface area contributed by atoms with Crippen molar-refractivity contribution in [3.05, 3.63) is 126 Å². The molecule has 1 fully saturated rings. The van der Waals surface area contributed by atoms with E-state index in [1.165, 1.54) is 60.1 Å². The van der Waals surface area contributed by atoms with Gasteiger partial charge in [0.1, 0.15) is 5.01 Å². The molecule has 1 saturated heterocycles. The Kier molecular flexibility index (Phi) is 5.34. The van der Waals surface area contributed by atoms with Crippen LogP contribution in [0.4, 0.5) is 0 Å². The van der Waals surface area contributed by atoms with E-state index in [1.54, 1.807) is 11.3 Å². The van der Waals surface area contributed by atoms with Crippen molar-refractivity contribution in [2.75, 3.05) is 0 Å². The first-order chi connectivity index (χ1) is 19.2. The fourth-order valence-corrected chi connectivity index (χ4v) is 7.27. The van der Waals surface area contributed by atoms with E-state index in [4.69, 9.17) is 5.73 Å². The Hall–Kier alpha value is -3.96. The lowest BCUT2D eigenvalue weighted by atomic mass is 9.84. The number of hydrogen-bond acceptors (Lipinski definition) is 4. The van der Waals surface area contributed by atoms with Gasteiger partial charge >= 0.3 is 0 Å². The molecular weight excluding hydrogens is 513 g/mol. The second kappa shape index (κ2) is 9.06. The van der Waals surface area contributed by atoms with E-state index < -0.39 is 0 Å². The molecule has 0 saturated carbocycles. The Balaban J connectivity index is 1.49. The molecule has 1 aromatic heterocycles. The SMILES string of the molecule is NC1S[C@H]1c1cccc(-c2c3ccccc3c(-c3cccc(-c4nccs4)c3)c3cc4ccccc4cc23)c1. The van der Waals surface area contributed by atoms with Crippen molar-refractivity contribution >= 4 is 55.4 Å². The molecule has 0 radical (unpaired) electrons. The number of nitrogens with zero attached hydrogens (tertiary/aromatic N) is 1. The summed E-state index contributed by atoms with van der Waals surface area (Å²) in [7, 11) is 0. The third-order valence-electron chi connectivity index (χ3n) is 7.75. The average Bonchev–Trinajstić information content (AvgIpc) is 3.46. The molecule has 0 amide bonds. The minimum absolute atomic E-state index is 0.199. The maximum Gasteiger partial charge on any atom is 0.123 e. The van der Waals surface area contributed by atoms with Crippen LogP contribution in [-0.2, 0) is 0 Å². The van der Waals surface area contributed by atoms with Gasteiger partial charge in [0.25, 0.3) is 0 Å². The molecule has 0 spiro atoms. The Morgan fingerprint density at radius 2 is 1.18 bits per heavy atom. The summed E-state index contributed by atoms with van der Waals surface area (Å²) in [5, 5.41) is 11.2. The van der Waals surface area contributed by atoms with Gasteiger partial charge in [0.15, 0.2) is 0 Å². The van der Waals surface area contributed by atoms with Gasteiger partial charge < -0.3 is 5.73 Å². The highest BCUT2D eigenvalue weighted by Crippen LogP contribution is 2.52. The molecule has 0 aliphatic carbocycles. The second-order valence-corrected chi connectivity index (χ2v) is 12.3. The zero-order valence-corrected chi connectivity index (χ0v) is 22.7. The van der Waals surface area contributed by atoms with Crippen molar-refractivity contribution in [1.29, 1.82) is 0 Å². The zero-order chi connectivity index (χ0) is 25.9. The van der Waals surface area contributed by atoms with Crippen LogP contribution in [0.1, 0.15) is 10.8 Å². The molecular formula is C35H24N2S2. The van der Waals surface area contributed by atoms with Crippen LogP contribution in [0.2, 0.25) is 0 Å². The van der Waals surface area contributed by atoms with E-state index in [-0.39, 0.29) is 5.37 Å². The number of thioether (sulfide) groups is 1. The van der Waals surface area contributed by atoms with Gasteiger partial charge in [-0.1, -0.05) is 84.9 Å². The van der Waals surface area contributed by atoms with Gasteiger partial charge in [-0.15, -0.1) is 23.1 Å². The largest absolute Gasteiger partial charge is 0.318 e. The molecule has 2 atom stereocenters. The average molecular weight is 537 g/mol. The summed E-state index contributed by atoms with van der Waals surface area (Å²) in [6, 6.07) is 40.1. The summed E-state index contributed by atoms with van der Waals surface area (Å²) >= 11 is 3.51. The topological polar surface area (TPSA) is 38.9 Å². The smallest absolute Gasteiger partial charge is 0.123 e. The Morgan fingerprint density at radius 1 is 0.590 bits per heavy atom. The van der Waals surface area contributed by atoms with Gasteiger partial charge in [0.2, 0.25) is 0 Å². The molecule has 1 aliphatic rings. The number of fused-ring (bicyclic) bond motifs is 3. The summed E-state index contributed by atoms with van der Waals surface area (Å²) in [4.78, 5) is 4.58. The van der Waals surface area contributed by atoms with E-state index in [2.05, 4.69) is 114 Å². The number of nitrogens with two attached hydrogens (primary N) is 1. The molecule has 186 valence electrons. The van der Waals surface area contributed by atoms with E-state index in [1.807, 2.05) is 23.3 Å². The van der Waals surface area contributed by atoms with E-state index >= 15 is 0 Å². The number of benzene rings is 6. The van der Waals surface area contributed by atoms with Crippen molar-refractivity contribution in [2.45, 2.75) is 10.6 Å². The van der Waals surface area contributed by atoms with E-state index in [0.717, 1.165) is 10.6 Å². The monoisotopic (exact) mass is 536 g/mol. The summed E-state index contributed by atoms with van der Waals surface area (Å²) in [5.74, 6) is 0. The number of rotatable bonds is 4. The van der Waals surface area contributed by atoms with E-state index in [0.29, 0.717) is 5.25 Å². The molecule has 2 heterocycles. The maximum absolute atomic E-state index is 6.22. The van der Waals surface area contributed by atoms with Crippen molar-refractivity contribution in [3.63, 3.8) is 0 Å². The third-order valence-corrected chi connectivity index (χ3v) is 9.70. The highest BCUT2D eigenvalue weighted by atomic mass is 32.2. The molecule has 0 bridgehead atoms. The predicted octanol–water partition coefficient (Wildman–Crippen LogP) is 9.68. The Labute approximate surface area is 235 Å². The highest BCUT2D eigenvalue weighted by molar-refractivity contribution is 8.07. The van der Waals surface area contributed by atoms with Crippen LogP contribution in [0, 0.1) is 0 Å². The lowest BCUT2D eigenvalue weighted by Crippen LogP contribution is -2.00. The van der Waals surface area contributed by atoms with Crippen LogP contribution in [0.5, 0.6) is 0 Å². The van der Waals surface area contributed by atoms with Crippen LogP contribution < -0.4 is 5.73 Å². The maximum atomic E-state index is 6.22. The van der Waals surface area contributed by atoms with Gasteiger partial charge in [-0.05, 0) is 84.4 Å². The van der Waals surface area contributed by atoms with Crippen LogP contribution >= 0.6 is 23.1 Å². The Morgan fingerprint density at radius 3 is 1.79 bits per heavy atom. The molecule has 4 heteroatoms. The third kappa shape index (κ3) is 3.87. The van der Waals surface area contributed by atoms with E-state index in [9.17, 15) is 0 Å². The molecule has 2 N–H and O–H groups in total. The number of aromatic nitrogens is 1. The predicted molar refractivity (Wildman–Crippen MR) is 169 cm³/mol. The van der Waals surface area contributed by atoms with Crippen LogP contribution in [0.3, 0.4) is 0 Å². The summed E-state index contributed by atoms with van der Waals surface area (Å²) in [6.07, 6.45) is 1.87. The minimum Gasteiger partial charge on any atom is -0.318 e.